The summed E-state index contributed by atoms with van der Waals surface area (Å²) in [6.07, 6.45) is 4.30. The highest BCUT2D eigenvalue weighted by atomic mass is 19.1. The van der Waals surface area contributed by atoms with Gasteiger partial charge >= 0.3 is 11.8 Å². The number of nitrogens with zero attached hydrogens (tertiary/aromatic N) is 2. The van der Waals surface area contributed by atoms with Crippen LogP contribution in [0.25, 0.3) is 0 Å². The fraction of sp³-hybridized carbons (Fsp3) is 0.0667. The molecule has 0 bridgehead atoms. The van der Waals surface area contributed by atoms with Crippen LogP contribution >= 0.6 is 0 Å². The zero-order valence-corrected chi connectivity index (χ0v) is 11.5. The molecule has 2 amide bonds. The van der Waals surface area contributed by atoms with Crippen LogP contribution in [0, 0.1) is 5.82 Å². The molecule has 1 aromatic carbocycles. The van der Waals surface area contributed by atoms with Crippen LogP contribution in [0.3, 0.4) is 0 Å². The van der Waals surface area contributed by atoms with Crippen molar-refractivity contribution in [2.24, 2.45) is 5.10 Å². The summed E-state index contributed by atoms with van der Waals surface area (Å²) in [6.45, 7) is 0.200. The van der Waals surface area contributed by atoms with Gasteiger partial charge in [-0.3, -0.25) is 14.6 Å². The van der Waals surface area contributed by atoms with E-state index in [1.54, 1.807) is 30.6 Å². The van der Waals surface area contributed by atoms with Crippen LogP contribution in [-0.2, 0) is 16.1 Å². The normalized spacial score (nSPS) is 10.4. The van der Waals surface area contributed by atoms with Crippen molar-refractivity contribution in [3.63, 3.8) is 0 Å². The van der Waals surface area contributed by atoms with Gasteiger partial charge in [0.25, 0.3) is 0 Å². The van der Waals surface area contributed by atoms with E-state index in [2.05, 4.69) is 15.4 Å². The van der Waals surface area contributed by atoms with Crippen molar-refractivity contribution in [3.05, 3.63) is 65.7 Å². The Morgan fingerprint density at radius 3 is 2.59 bits per heavy atom. The lowest BCUT2D eigenvalue weighted by molar-refractivity contribution is -0.139. The molecular formula is C15H13FN4O2. The molecule has 22 heavy (non-hydrogen) atoms. The number of hydrogen-bond acceptors (Lipinski definition) is 4. The molecule has 0 unspecified atom stereocenters. The minimum Gasteiger partial charge on any atom is -0.344 e. The Morgan fingerprint density at radius 2 is 1.86 bits per heavy atom. The first kappa shape index (κ1) is 15.3. The largest absolute Gasteiger partial charge is 0.344 e. The second-order valence-corrected chi connectivity index (χ2v) is 4.26. The van der Waals surface area contributed by atoms with Gasteiger partial charge in [0.05, 0.1) is 6.21 Å². The quantitative estimate of drug-likeness (QED) is 0.502. The molecule has 0 atom stereocenters. The van der Waals surface area contributed by atoms with Crippen molar-refractivity contribution in [2.45, 2.75) is 6.54 Å². The SMILES string of the molecule is O=C(NCc1ccncc1)C(=O)N/N=C\c1ccccc1F. The van der Waals surface area contributed by atoms with Gasteiger partial charge < -0.3 is 5.32 Å². The Kier molecular flexibility index (Phi) is 5.31. The fourth-order valence-electron chi connectivity index (χ4n) is 1.55. The number of carbonyl (C=O) groups is 2. The van der Waals surface area contributed by atoms with Crippen molar-refractivity contribution in [3.8, 4) is 0 Å². The first-order valence-corrected chi connectivity index (χ1v) is 6.41. The molecule has 7 heteroatoms. The van der Waals surface area contributed by atoms with E-state index in [1.165, 1.54) is 18.2 Å². The van der Waals surface area contributed by atoms with Crippen LogP contribution in [0.1, 0.15) is 11.1 Å². The Labute approximate surface area is 126 Å². The fourth-order valence-corrected chi connectivity index (χ4v) is 1.55. The summed E-state index contributed by atoms with van der Waals surface area (Å²) < 4.78 is 13.3. The minimum atomic E-state index is -0.929. The standard InChI is InChI=1S/C15H13FN4O2/c16-13-4-2-1-3-12(13)10-19-20-15(22)14(21)18-9-11-5-7-17-8-6-11/h1-8,10H,9H2,(H,18,21)(H,20,22)/b19-10-. The number of pyridine rings is 1. The Balaban J connectivity index is 1.82. The van der Waals surface area contributed by atoms with E-state index in [1.807, 2.05) is 5.43 Å². The highest BCUT2D eigenvalue weighted by Gasteiger charge is 2.11. The molecule has 0 fully saturated rings. The molecule has 0 aliphatic carbocycles. The number of hydrogen-bond donors (Lipinski definition) is 2. The average molecular weight is 300 g/mol. The topological polar surface area (TPSA) is 83.5 Å². The van der Waals surface area contributed by atoms with E-state index in [-0.39, 0.29) is 12.1 Å². The van der Waals surface area contributed by atoms with Crippen LogP contribution in [0.2, 0.25) is 0 Å². The zero-order valence-electron chi connectivity index (χ0n) is 11.5. The lowest BCUT2D eigenvalue weighted by atomic mass is 10.2. The van der Waals surface area contributed by atoms with Gasteiger partial charge in [-0.05, 0) is 23.8 Å². The number of hydrazone groups is 1. The number of rotatable bonds is 4. The molecule has 0 saturated carbocycles. The maximum atomic E-state index is 13.3. The summed E-state index contributed by atoms with van der Waals surface area (Å²) in [6, 6.07) is 9.37. The van der Waals surface area contributed by atoms with E-state index >= 15 is 0 Å². The van der Waals surface area contributed by atoms with Gasteiger partial charge in [-0.15, -0.1) is 0 Å². The van der Waals surface area contributed by atoms with E-state index in [4.69, 9.17) is 0 Å². The molecule has 2 rings (SSSR count). The number of aromatic nitrogens is 1. The third-order valence-corrected chi connectivity index (χ3v) is 2.68. The Hall–Kier alpha value is -3.09. The number of halogens is 1. The lowest BCUT2D eigenvalue weighted by Gasteiger charge is -2.03. The number of nitrogens with one attached hydrogen (secondary N) is 2. The van der Waals surface area contributed by atoms with Crippen molar-refractivity contribution in [1.29, 1.82) is 0 Å². The molecule has 2 aromatic rings. The molecular weight excluding hydrogens is 287 g/mol. The molecule has 0 spiro atoms. The number of carbonyl (C=O) groups excluding carboxylic acids is 2. The van der Waals surface area contributed by atoms with Gasteiger partial charge in [-0.1, -0.05) is 18.2 Å². The minimum absolute atomic E-state index is 0.200. The highest BCUT2D eigenvalue weighted by molar-refractivity contribution is 6.35. The predicted octanol–water partition coefficient (Wildman–Crippen LogP) is 0.987. The van der Waals surface area contributed by atoms with Crippen LogP contribution in [0.15, 0.2) is 53.9 Å². The highest BCUT2D eigenvalue weighted by Crippen LogP contribution is 2.02. The third kappa shape index (κ3) is 4.48. The van der Waals surface area contributed by atoms with E-state index < -0.39 is 17.6 Å². The van der Waals surface area contributed by atoms with Crippen LogP contribution in [-0.4, -0.2) is 23.0 Å². The first-order valence-electron chi connectivity index (χ1n) is 6.41. The van der Waals surface area contributed by atoms with E-state index in [0.29, 0.717) is 0 Å². The van der Waals surface area contributed by atoms with Crippen LogP contribution in [0.4, 0.5) is 4.39 Å². The van der Waals surface area contributed by atoms with Crippen molar-refractivity contribution in [1.82, 2.24) is 15.7 Å². The van der Waals surface area contributed by atoms with Gasteiger partial charge in [0, 0.05) is 24.5 Å². The van der Waals surface area contributed by atoms with Gasteiger partial charge in [0.1, 0.15) is 5.82 Å². The maximum Gasteiger partial charge on any atom is 0.329 e. The van der Waals surface area contributed by atoms with E-state index in [9.17, 15) is 14.0 Å². The van der Waals surface area contributed by atoms with Crippen molar-refractivity contribution < 1.29 is 14.0 Å². The molecule has 112 valence electrons. The lowest BCUT2D eigenvalue weighted by Crippen LogP contribution is -2.37. The molecule has 0 aliphatic heterocycles. The van der Waals surface area contributed by atoms with Gasteiger partial charge in [-0.25, -0.2) is 9.82 Å². The number of amides is 2. The Morgan fingerprint density at radius 1 is 1.14 bits per heavy atom. The van der Waals surface area contributed by atoms with Crippen molar-refractivity contribution >= 4 is 18.0 Å². The van der Waals surface area contributed by atoms with Crippen LogP contribution in [0.5, 0.6) is 0 Å². The molecule has 0 radical (unpaired) electrons. The summed E-state index contributed by atoms with van der Waals surface area (Å²) in [5.74, 6) is -2.23. The third-order valence-electron chi connectivity index (χ3n) is 2.68. The molecule has 0 aliphatic rings. The van der Waals surface area contributed by atoms with Crippen LogP contribution < -0.4 is 10.7 Å². The first-order chi connectivity index (χ1) is 10.7. The van der Waals surface area contributed by atoms with Gasteiger partial charge in [0.15, 0.2) is 0 Å². The molecule has 6 nitrogen and oxygen atoms in total. The molecule has 0 saturated heterocycles. The Bertz CT molecular complexity index is 689. The van der Waals surface area contributed by atoms with Gasteiger partial charge in [-0.2, -0.15) is 5.10 Å². The second-order valence-electron chi connectivity index (χ2n) is 4.26. The summed E-state index contributed by atoms with van der Waals surface area (Å²) >= 11 is 0. The summed E-state index contributed by atoms with van der Waals surface area (Å²) in [5, 5.41) is 5.98. The molecule has 2 N–H and O–H groups in total. The molecule has 1 heterocycles. The molecule has 1 aromatic heterocycles. The smallest absolute Gasteiger partial charge is 0.329 e. The maximum absolute atomic E-state index is 13.3. The zero-order chi connectivity index (χ0) is 15.8. The second kappa shape index (κ2) is 7.63. The van der Waals surface area contributed by atoms with E-state index in [0.717, 1.165) is 11.8 Å². The predicted molar refractivity (Wildman–Crippen MR) is 78.2 cm³/mol. The van der Waals surface area contributed by atoms with Crippen molar-refractivity contribution in [2.75, 3.05) is 0 Å². The van der Waals surface area contributed by atoms with Gasteiger partial charge in [0.2, 0.25) is 0 Å². The summed E-state index contributed by atoms with van der Waals surface area (Å²) in [4.78, 5) is 26.9. The summed E-state index contributed by atoms with van der Waals surface area (Å²) in [5.41, 5.74) is 3.05. The average Bonchev–Trinajstić information content (AvgIpc) is 2.55. The monoisotopic (exact) mass is 300 g/mol. The number of benzene rings is 1. The summed E-state index contributed by atoms with van der Waals surface area (Å²) in [7, 11) is 0.